The minimum atomic E-state index is 0.514. The average Bonchev–Trinajstić information content (AvgIpc) is 3.11. The fourth-order valence-corrected chi connectivity index (χ4v) is 2.69. The van der Waals surface area contributed by atoms with Crippen molar-refractivity contribution in [2.75, 3.05) is 0 Å². The molecule has 1 aliphatic heterocycles. The summed E-state index contributed by atoms with van der Waals surface area (Å²) in [5.41, 5.74) is 0.514. The van der Waals surface area contributed by atoms with Crippen LogP contribution >= 0.6 is 0 Å². The normalized spacial score (nSPS) is 22.6. The van der Waals surface area contributed by atoms with Gasteiger partial charge in [-0.1, -0.05) is 78.4 Å². The van der Waals surface area contributed by atoms with Gasteiger partial charge >= 0.3 is 0 Å². The summed E-state index contributed by atoms with van der Waals surface area (Å²) in [7, 11) is 0. The molecule has 0 bridgehead atoms. The van der Waals surface area contributed by atoms with E-state index in [0.29, 0.717) is 17.6 Å². The van der Waals surface area contributed by atoms with Crippen LogP contribution in [0.25, 0.3) is 0 Å². The van der Waals surface area contributed by atoms with Gasteiger partial charge in [-0.2, -0.15) is 0 Å². The van der Waals surface area contributed by atoms with Crippen molar-refractivity contribution in [3.63, 3.8) is 0 Å². The Labute approximate surface area is 127 Å². The zero-order valence-corrected chi connectivity index (χ0v) is 14.3. The molecule has 1 fully saturated rings. The van der Waals surface area contributed by atoms with Gasteiger partial charge < -0.3 is 4.74 Å². The first-order valence-corrected chi connectivity index (χ1v) is 8.83. The van der Waals surface area contributed by atoms with Gasteiger partial charge in [0.2, 0.25) is 0 Å². The highest BCUT2D eigenvalue weighted by atomic mass is 16.6. The molecule has 0 saturated carbocycles. The summed E-state index contributed by atoms with van der Waals surface area (Å²) in [6.07, 6.45) is 18.9. The third-order valence-electron chi connectivity index (χ3n) is 4.09. The Morgan fingerprint density at radius 3 is 2.30 bits per heavy atom. The van der Waals surface area contributed by atoms with Crippen LogP contribution in [-0.2, 0) is 4.74 Å². The maximum absolute atomic E-state index is 5.72. The molecule has 118 valence electrons. The van der Waals surface area contributed by atoms with E-state index in [1.807, 2.05) is 0 Å². The molecule has 0 aromatic carbocycles. The lowest BCUT2D eigenvalue weighted by atomic mass is 9.89. The van der Waals surface area contributed by atoms with Crippen LogP contribution in [0.15, 0.2) is 12.2 Å². The monoisotopic (exact) mass is 280 g/mol. The van der Waals surface area contributed by atoms with Crippen LogP contribution in [0.3, 0.4) is 0 Å². The molecule has 1 aliphatic rings. The zero-order chi connectivity index (χ0) is 14.8. The summed E-state index contributed by atoms with van der Waals surface area (Å²) in [5.74, 6) is 0. The highest BCUT2D eigenvalue weighted by Gasteiger charge is 2.36. The molecule has 0 aromatic rings. The highest BCUT2D eigenvalue weighted by molar-refractivity contribution is 4.93. The first kappa shape index (κ1) is 17.8. The number of epoxide rings is 1. The summed E-state index contributed by atoms with van der Waals surface area (Å²) < 4.78 is 5.72. The van der Waals surface area contributed by atoms with Gasteiger partial charge in [-0.15, -0.1) is 0 Å². The maximum atomic E-state index is 5.72. The number of rotatable bonds is 11. The first-order valence-electron chi connectivity index (χ1n) is 8.83. The van der Waals surface area contributed by atoms with Crippen LogP contribution in [-0.4, -0.2) is 12.2 Å². The summed E-state index contributed by atoms with van der Waals surface area (Å²) in [6.45, 7) is 9.24. The fourth-order valence-electron chi connectivity index (χ4n) is 2.69. The van der Waals surface area contributed by atoms with E-state index in [4.69, 9.17) is 4.74 Å². The molecule has 1 heteroatoms. The minimum Gasteiger partial charge on any atom is -0.369 e. The number of ether oxygens (including phenoxy) is 1. The van der Waals surface area contributed by atoms with Crippen molar-refractivity contribution in [3.8, 4) is 0 Å². The summed E-state index contributed by atoms with van der Waals surface area (Å²) in [4.78, 5) is 0. The Morgan fingerprint density at radius 2 is 1.60 bits per heavy atom. The molecule has 0 amide bonds. The standard InChI is InChI=1S/C19H36O/c1-5-6-7-11-14-17-18(20-17)15-12-9-8-10-13-16-19(2,3)4/h7,11,17-18H,5-6,8-10,12-16H2,1-4H3. The van der Waals surface area contributed by atoms with Crippen molar-refractivity contribution < 1.29 is 4.74 Å². The van der Waals surface area contributed by atoms with Crippen molar-refractivity contribution in [2.45, 2.75) is 104 Å². The Bertz CT molecular complexity index is 261. The molecule has 0 N–H and O–H groups in total. The molecule has 0 aromatic heterocycles. The molecule has 2 unspecified atom stereocenters. The molecular formula is C19H36O. The molecule has 1 heterocycles. The van der Waals surface area contributed by atoms with E-state index in [1.54, 1.807) is 0 Å². The van der Waals surface area contributed by atoms with E-state index in [9.17, 15) is 0 Å². The molecule has 0 radical (unpaired) electrons. The van der Waals surface area contributed by atoms with E-state index < -0.39 is 0 Å². The second kappa shape index (κ2) is 9.60. The third kappa shape index (κ3) is 9.58. The summed E-state index contributed by atoms with van der Waals surface area (Å²) >= 11 is 0. The van der Waals surface area contributed by atoms with Gasteiger partial charge in [-0.25, -0.2) is 0 Å². The lowest BCUT2D eigenvalue weighted by Crippen LogP contribution is -2.03. The number of hydrogen-bond acceptors (Lipinski definition) is 1. The molecule has 2 atom stereocenters. The Kier molecular flexibility index (Phi) is 8.52. The van der Waals surface area contributed by atoms with Crippen molar-refractivity contribution in [1.29, 1.82) is 0 Å². The van der Waals surface area contributed by atoms with Crippen LogP contribution in [0.4, 0.5) is 0 Å². The van der Waals surface area contributed by atoms with Gasteiger partial charge in [-0.05, 0) is 31.1 Å². The van der Waals surface area contributed by atoms with E-state index in [0.717, 1.165) is 6.42 Å². The van der Waals surface area contributed by atoms with Crippen LogP contribution in [0.1, 0.15) is 91.9 Å². The van der Waals surface area contributed by atoms with Gasteiger partial charge in [-0.3, -0.25) is 0 Å². The van der Waals surface area contributed by atoms with Gasteiger partial charge in [0.25, 0.3) is 0 Å². The van der Waals surface area contributed by atoms with Gasteiger partial charge in [0.1, 0.15) is 0 Å². The average molecular weight is 280 g/mol. The molecule has 1 nitrogen and oxygen atoms in total. The number of hydrogen-bond donors (Lipinski definition) is 0. The number of unbranched alkanes of at least 4 members (excludes halogenated alkanes) is 5. The van der Waals surface area contributed by atoms with Crippen molar-refractivity contribution in [1.82, 2.24) is 0 Å². The lowest BCUT2D eigenvalue weighted by Gasteiger charge is -2.17. The minimum absolute atomic E-state index is 0.514. The Morgan fingerprint density at radius 1 is 0.900 bits per heavy atom. The predicted octanol–water partition coefficient (Wildman–Crippen LogP) is 6.28. The quantitative estimate of drug-likeness (QED) is 0.246. The van der Waals surface area contributed by atoms with Gasteiger partial charge in [0.05, 0.1) is 12.2 Å². The third-order valence-corrected chi connectivity index (χ3v) is 4.09. The van der Waals surface area contributed by atoms with Crippen LogP contribution in [0.5, 0.6) is 0 Å². The van der Waals surface area contributed by atoms with Crippen LogP contribution in [0.2, 0.25) is 0 Å². The fraction of sp³-hybridized carbons (Fsp3) is 0.895. The molecule has 0 spiro atoms. The molecule has 1 saturated heterocycles. The largest absolute Gasteiger partial charge is 0.369 e. The maximum Gasteiger partial charge on any atom is 0.0876 e. The molecule has 20 heavy (non-hydrogen) atoms. The number of allylic oxidation sites excluding steroid dienone is 1. The van der Waals surface area contributed by atoms with Crippen molar-refractivity contribution in [2.24, 2.45) is 5.41 Å². The van der Waals surface area contributed by atoms with Gasteiger partial charge in [0.15, 0.2) is 0 Å². The van der Waals surface area contributed by atoms with E-state index >= 15 is 0 Å². The molecule has 1 rings (SSSR count). The second-order valence-corrected chi connectivity index (χ2v) is 7.58. The second-order valence-electron chi connectivity index (χ2n) is 7.58. The highest BCUT2D eigenvalue weighted by Crippen LogP contribution is 2.30. The SMILES string of the molecule is CCCC=CCC1OC1CCCCCCCC(C)(C)C. The topological polar surface area (TPSA) is 12.5 Å². The first-order chi connectivity index (χ1) is 9.53. The lowest BCUT2D eigenvalue weighted by molar-refractivity contribution is 0.350. The van der Waals surface area contributed by atoms with Gasteiger partial charge in [0, 0.05) is 0 Å². The summed E-state index contributed by atoms with van der Waals surface area (Å²) in [6, 6.07) is 0. The van der Waals surface area contributed by atoms with Crippen molar-refractivity contribution in [3.05, 3.63) is 12.2 Å². The van der Waals surface area contributed by atoms with E-state index in [1.165, 1.54) is 57.8 Å². The smallest absolute Gasteiger partial charge is 0.0876 e. The Hall–Kier alpha value is -0.300. The van der Waals surface area contributed by atoms with E-state index in [2.05, 4.69) is 39.8 Å². The van der Waals surface area contributed by atoms with Crippen molar-refractivity contribution >= 4 is 0 Å². The summed E-state index contributed by atoms with van der Waals surface area (Å²) in [5, 5.41) is 0. The molecule has 0 aliphatic carbocycles. The van der Waals surface area contributed by atoms with Crippen LogP contribution in [0, 0.1) is 5.41 Å². The Balaban J connectivity index is 1.84. The zero-order valence-electron chi connectivity index (χ0n) is 14.3. The molecular weight excluding hydrogens is 244 g/mol. The van der Waals surface area contributed by atoms with E-state index in [-0.39, 0.29) is 0 Å². The van der Waals surface area contributed by atoms with Crippen LogP contribution < -0.4 is 0 Å². The predicted molar refractivity (Wildman–Crippen MR) is 89.1 cm³/mol.